The second-order valence-corrected chi connectivity index (χ2v) is 3.70. The first-order valence-corrected chi connectivity index (χ1v) is 5.05. The van der Waals surface area contributed by atoms with E-state index in [2.05, 4.69) is 10.3 Å². The fourth-order valence-corrected chi connectivity index (χ4v) is 1.69. The zero-order valence-electron chi connectivity index (χ0n) is 8.41. The topological polar surface area (TPSA) is 71.2 Å². The molecule has 2 rings (SSSR count). The Morgan fingerprint density at radius 1 is 1.60 bits per heavy atom. The standard InChI is InChI=1S/C9H14N4O2/c14-8-1-4-12(7-8)9(15)2-5-13-6-3-10-11-13/h3,6,8,14H,1-2,4-5,7H2/t8-/m0/s1. The molecular weight excluding hydrogens is 196 g/mol. The lowest BCUT2D eigenvalue weighted by Crippen LogP contribution is -2.30. The van der Waals surface area contributed by atoms with Crippen LogP contribution in [0.15, 0.2) is 12.4 Å². The Labute approximate surface area is 87.5 Å². The SMILES string of the molecule is O=C(CCn1ccnn1)N1CC[C@H](O)C1. The van der Waals surface area contributed by atoms with E-state index in [0.29, 0.717) is 32.5 Å². The Morgan fingerprint density at radius 3 is 3.07 bits per heavy atom. The molecule has 0 bridgehead atoms. The van der Waals surface area contributed by atoms with Gasteiger partial charge in [0, 0.05) is 25.7 Å². The van der Waals surface area contributed by atoms with Crippen LogP contribution in [0.4, 0.5) is 0 Å². The lowest BCUT2D eigenvalue weighted by molar-refractivity contribution is -0.130. The zero-order chi connectivity index (χ0) is 10.7. The van der Waals surface area contributed by atoms with Crippen molar-refractivity contribution in [3.63, 3.8) is 0 Å². The molecular formula is C9H14N4O2. The number of β-amino-alcohol motifs (C(OH)–C–C–N with tert-alkyl or cyclic N) is 1. The highest BCUT2D eigenvalue weighted by molar-refractivity contribution is 5.76. The van der Waals surface area contributed by atoms with E-state index in [-0.39, 0.29) is 12.0 Å². The molecule has 15 heavy (non-hydrogen) atoms. The summed E-state index contributed by atoms with van der Waals surface area (Å²) in [5.41, 5.74) is 0. The van der Waals surface area contributed by atoms with Crippen LogP contribution in [0.3, 0.4) is 0 Å². The largest absolute Gasteiger partial charge is 0.391 e. The number of amides is 1. The number of hydrogen-bond acceptors (Lipinski definition) is 4. The van der Waals surface area contributed by atoms with Gasteiger partial charge in [-0.3, -0.25) is 9.48 Å². The smallest absolute Gasteiger partial charge is 0.224 e. The normalized spacial score (nSPS) is 20.9. The summed E-state index contributed by atoms with van der Waals surface area (Å²) in [7, 11) is 0. The molecule has 1 aliphatic rings. The van der Waals surface area contributed by atoms with E-state index in [1.54, 1.807) is 22.0 Å². The quantitative estimate of drug-likeness (QED) is 0.713. The van der Waals surface area contributed by atoms with Gasteiger partial charge >= 0.3 is 0 Å². The minimum absolute atomic E-state index is 0.0713. The molecule has 1 aromatic rings. The number of aliphatic hydroxyl groups is 1. The third-order valence-electron chi connectivity index (χ3n) is 2.54. The Hall–Kier alpha value is -1.43. The van der Waals surface area contributed by atoms with Crippen molar-refractivity contribution in [1.82, 2.24) is 19.9 Å². The Bertz CT molecular complexity index is 325. The predicted octanol–water partition coefficient (Wildman–Crippen LogP) is -0.739. The first-order chi connectivity index (χ1) is 7.25. The third kappa shape index (κ3) is 2.53. The van der Waals surface area contributed by atoms with Crippen molar-refractivity contribution < 1.29 is 9.90 Å². The summed E-state index contributed by atoms with van der Waals surface area (Å²) in [6.07, 6.45) is 4.07. The monoisotopic (exact) mass is 210 g/mol. The van der Waals surface area contributed by atoms with Crippen LogP contribution in [0.5, 0.6) is 0 Å². The minimum atomic E-state index is -0.347. The maximum Gasteiger partial charge on any atom is 0.224 e. The number of hydrogen-bond donors (Lipinski definition) is 1. The Balaban J connectivity index is 1.78. The average Bonchev–Trinajstić information content (AvgIpc) is 2.84. The van der Waals surface area contributed by atoms with Crippen LogP contribution < -0.4 is 0 Å². The van der Waals surface area contributed by atoms with Crippen molar-refractivity contribution in [2.24, 2.45) is 0 Å². The van der Waals surface area contributed by atoms with E-state index >= 15 is 0 Å². The Kier molecular flexibility index (Phi) is 2.96. The van der Waals surface area contributed by atoms with E-state index in [1.807, 2.05) is 0 Å². The number of likely N-dealkylation sites (tertiary alicyclic amines) is 1. The Morgan fingerprint density at radius 2 is 2.47 bits per heavy atom. The molecule has 6 nitrogen and oxygen atoms in total. The van der Waals surface area contributed by atoms with Crippen LogP contribution in [0.25, 0.3) is 0 Å². The molecule has 0 aromatic carbocycles. The second-order valence-electron chi connectivity index (χ2n) is 3.70. The van der Waals surface area contributed by atoms with Crippen LogP contribution in [0.1, 0.15) is 12.8 Å². The summed E-state index contributed by atoms with van der Waals surface area (Å²) in [5, 5.41) is 16.7. The first-order valence-electron chi connectivity index (χ1n) is 5.05. The predicted molar refractivity (Wildman–Crippen MR) is 51.8 cm³/mol. The van der Waals surface area contributed by atoms with Crippen molar-refractivity contribution in [1.29, 1.82) is 0 Å². The first kappa shape index (κ1) is 10.1. The molecule has 1 atom stereocenters. The lowest BCUT2D eigenvalue weighted by atomic mass is 10.3. The van der Waals surface area contributed by atoms with E-state index in [1.165, 1.54) is 0 Å². The highest BCUT2D eigenvalue weighted by atomic mass is 16.3. The maximum absolute atomic E-state index is 11.6. The summed E-state index contributed by atoms with van der Waals surface area (Å²) in [5.74, 6) is 0.0713. The van der Waals surface area contributed by atoms with Gasteiger partial charge in [-0.1, -0.05) is 5.21 Å². The van der Waals surface area contributed by atoms with Gasteiger partial charge in [0.05, 0.1) is 18.8 Å². The maximum atomic E-state index is 11.6. The number of nitrogens with zero attached hydrogens (tertiary/aromatic N) is 4. The van der Waals surface area contributed by atoms with Crippen LogP contribution in [0, 0.1) is 0 Å². The molecule has 6 heteroatoms. The van der Waals surface area contributed by atoms with Gasteiger partial charge in [0.25, 0.3) is 0 Å². The number of rotatable bonds is 3. The molecule has 1 saturated heterocycles. The van der Waals surface area contributed by atoms with E-state index in [9.17, 15) is 9.90 Å². The van der Waals surface area contributed by atoms with Crippen molar-refractivity contribution in [3.05, 3.63) is 12.4 Å². The molecule has 1 aromatic heterocycles. The highest BCUT2D eigenvalue weighted by Gasteiger charge is 2.23. The van der Waals surface area contributed by atoms with Crippen molar-refractivity contribution >= 4 is 5.91 Å². The highest BCUT2D eigenvalue weighted by Crippen LogP contribution is 2.10. The fraction of sp³-hybridized carbons (Fsp3) is 0.667. The van der Waals surface area contributed by atoms with E-state index in [4.69, 9.17) is 0 Å². The third-order valence-corrected chi connectivity index (χ3v) is 2.54. The van der Waals surface area contributed by atoms with Gasteiger partial charge in [0.2, 0.25) is 5.91 Å². The molecule has 1 fully saturated rings. The number of aliphatic hydroxyl groups excluding tert-OH is 1. The summed E-state index contributed by atoms with van der Waals surface area (Å²) in [4.78, 5) is 13.3. The number of aromatic nitrogens is 3. The van der Waals surface area contributed by atoms with E-state index in [0.717, 1.165) is 0 Å². The zero-order valence-corrected chi connectivity index (χ0v) is 8.41. The van der Waals surface area contributed by atoms with Gasteiger partial charge in [-0.15, -0.1) is 5.10 Å². The van der Waals surface area contributed by atoms with Gasteiger partial charge in [0.1, 0.15) is 0 Å². The van der Waals surface area contributed by atoms with Crippen molar-refractivity contribution in [3.8, 4) is 0 Å². The van der Waals surface area contributed by atoms with Gasteiger partial charge < -0.3 is 10.0 Å². The van der Waals surface area contributed by atoms with Crippen LogP contribution in [-0.2, 0) is 11.3 Å². The molecule has 0 aliphatic carbocycles. The molecule has 1 amide bonds. The molecule has 1 N–H and O–H groups in total. The van der Waals surface area contributed by atoms with Gasteiger partial charge in [0.15, 0.2) is 0 Å². The van der Waals surface area contributed by atoms with E-state index < -0.39 is 0 Å². The number of carbonyl (C=O) groups excluding carboxylic acids is 1. The van der Waals surface area contributed by atoms with Crippen molar-refractivity contribution in [2.75, 3.05) is 13.1 Å². The summed E-state index contributed by atoms with van der Waals surface area (Å²) >= 11 is 0. The summed E-state index contributed by atoms with van der Waals surface area (Å²) in [6.45, 7) is 1.68. The van der Waals surface area contributed by atoms with Crippen molar-refractivity contribution in [2.45, 2.75) is 25.5 Å². The molecule has 0 unspecified atom stereocenters. The lowest BCUT2D eigenvalue weighted by Gasteiger charge is -2.14. The van der Waals surface area contributed by atoms with Crippen LogP contribution in [-0.4, -0.2) is 50.1 Å². The average molecular weight is 210 g/mol. The van der Waals surface area contributed by atoms with Gasteiger partial charge in [-0.25, -0.2) is 0 Å². The molecule has 0 spiro atoms. The summed E-state index contributed by atoms with van der Waals surface area (Å²) < 4.78 is 1.63. The fourth-order valence-electron chi connectivity index (χ4n) is 1.69. The molecule has 1 aliphatic heterocycles. The number of aryl methyl sites for hydroxylation is 1. The van der Waals surface area contributed by atoms with Crippen LogP contribution >= 0.6 is 0 Å². The van der Waals surface area contributed by atoms with Gasteiger partial charge in [-0.2, -0.15) is 0 Å². The minimum Gasteiger partial charge on any atom is -0.391 e. The molecule has 2 heterocycles. The molecule has 82 valence electrons. The molecule has 0 saturated carbocycles. The second kappa shape index (κ2) is 4.39. The summed E-state index contributed by atoms with van der Waals surface area (Å²) in [6, 6.07) is 0. The van der Waals surface area contributed by atoms with Crippen LogP contribution in [0.2, 0.25) is 0 Å². The molecule has 0 radical (unpaired) electrons. The number of carbonyl (C=O) groups is 1. The van der Waals surface area contributed by atoms with Gasteiger partial charge in [-0.05, 0) is 6.42 Å².